The number of terminal acetylenes is 1. The summed E-state index contributed by atoms with van der Waals surface area (Å²) in [6.07, 6.45) is 7.02. The van der Waals surface area contributed by atoms with Crippen LogP contribution in [0.1, 0.15) is 5.56 Å². The fourth-order valence-corrected chi connectivity index (χ4v) is 4.19. The number of para-hydroxylation sites is 1. The molecular formula is C20H14BrNO3S2. The number of anilines is 1. The first-order valence-corrected chi connectivity index (χ1v) is 9.83. The fraction of sp³-hybridized carbons (Fsp3) is 0.100. The number of rotatable bonds is 5. The van der Waals surface area contributed by atoms with Crippen LogP contribution in [-0.2, 0) is 4.79 Å². The van der Waals surface area contributed by atoms with Crippen molar-refractivity contribution in [3.8, 4) is 23.8 Å². The Morgan fingerprint density at radius 3 is 2.70 bits per heavy atom. The number of benzene rings is 2. The summed E-state index contributed by atoms with van der Waals surface area (Å²) in [6, 6.07) is 12.9. The Morgan fingerprint density at radius 2 is 2.04 bits per heavy atom. The Balaban J connectivity index is 1.94. The summed E-state index contributed by atoms with van der Waals surface area (Å²) in [4.78, 5) is 14.9. The van der Waals surface area contributed by atoms with Gasteiger partial charge in [0.25, 0.3) is 5.91 Å². The normalized spacial score (nSPS) is 15.1. The van der Waals surface area contributed by atoms with Gasteiger partial charge in [-0.05, 0) is 35.9 Å². The first-order chi connectivity index (χ1) is 13.0. The average Bonchev–Trinajstić information content (AvgIpc) is 2.95. The number of carbonyl (C=O) groups is 1. The molecular weight excluding hydrogens is 446 g/mol. The summed E-state index contributed by atoms with van der Waals surface area (Å²) in [5.41, 5.74) is 1.52. The molecule has 1 aliphatic heterocycles. The Morgan fingerprint density at radius 1 is 1.30 bits per heavy atom. The molecule has 4 nitrogen and oxygen atoms in total. The standard InChI is InChI=1S/C20H14BrNO3S2/c1-3-9-25-17-12-15(21)13(10-16(17)24-2)11-18-19(23)22(20(26)27-18)14-7-5-4-6-8-14/h1,4-8,10-12H,9H2,2H3/b18-11+. The number of hydrogen-bond donors (Lipinski definition) is 0. The number of thioether (sulfide) groups is 1. The van der Waals surface area contributed by atoms with E-state index >= 15 is 0 Å². The van der Waals surface area contributed by atoms with Crippen molar-refractivity contribution in [2.24, 2.45) is 0 Å². The highest BCUT2D eigenvalue weighted by atomic mass is 79.9. The molecule has 1 saturated heterocycles. The quantitative estimate of drug-likeness (QED) is 0.362. The number of thiocarbonyl (C=S) groups is 1. The summed E-state index contributed by atoms with van der Waals surface area (Å²) in [5, 5.41) is 0. The third-order valence-corrected chi connectivity index (χ3v) is 5.68. The lowest BCUT2D eigenvalue weighted by atomic mass is 10.1. The summed E-state index contributed by atoms with van der Waals surface area (Å²) in [5.74, 6) is 3.31. The highest BCUT2D eigenvalue weighted by molar-refractivity contribution is 9.10. The molecule has 0 unspecified atom stereocenters. The number of nitrogens with zero attached hydrogens (tertiary/aromatic N) is 1. The van der Waals surface area contributed by atoms with Gasteiger partial charge in [0.15, 0.2) is 15.8 Å². The van der Waals surface area contributed by atoms with Gasteiger partial charge in [0.2, 0.25) is 0 Å². The minimum absolute atomic E-state index is 0.137. The van der Waals surface area contributed by atoms with Gasteiger partial charge in [0.1, 0.15) is 6.61 Å². The predicted octanol–water partition coefficient (Wildman–Crippen LogP) is 4.88. The van der Waals surface area contributed by atoms with Crippen LogP contribution in [0.5, 0.6) is 11.5 Å². The molecule has 1 amide bonds. The van der Waals surface area contributed by atoms with Crippen LogP contribution in [0.15, 0.2) is 51.8 Å². The molecule has 2 aromatic rings. The Hall–Kier alpha value is -2.27. The summed E-state index contributed by atoms with van der Waals surface area (Å²) < 4.78 is 12.1. The van der Waals surface area contributed by atoms with E-state index < -0.39 is 0 Å². The molecule has 0 spiro atoms. The van der Waals surface area contributed by atoms with Crippen LogP contribution in [0.4, 0.5) is 5.69 Å². The smallest absolute Gasteiger partial charge is 0.270 e. The number of carbonyl (C=O) groups excluding carboxylic acids is 1. The van der Waals surface area contributed by atoms with Gasteiger partial charge >= 0.3 is 0 Å². The third kappa shape index (κ3) is 4.19. The zero-order chi connectivity index (χ0) is 19.4. The number of methoxy groups -OCH3 is 1. The molecule has 3 rings (SSSR count). The fourth-order valence-electron chi connectivity index (χ4n) is 2.46. The lowest BCUT2D eigenvalue weighted by Gasteiger charge is -2.14. The minimum Gasteiger partial charge on any atom is -0.493 e. The molecule has 0 atom stereocenters. The van der Waals surface area contributed by atoms with E-state index in [4.69, 9.17) is 28.1 Å². The van der Waals surface area contributed by atoms with Gasteiger partial charge < -0.3 is 9.47 Å². The van der Waals surface area contributed by atoms with Gasteiger partial charge in [-0.2, -0.15) is 0 Å². The van der Waals surface area contributed by atoms with Crippen LogP contribution in [0.2, 0.25) is 0 Å². The lowest BCUT2D eigenvalue weighted by Crippen LogP contribution is -2.27. The minimum atomic E-state index is -0.158. The van der Waals surface area contributed by atoms with E-state index in [0.717, 1.165) is 15.7 Å². The number of hydrogen-bond acceptors (Lipinski definition) is 5. The van der Waals surface area contributed by atoms with Crippen molar-refractivity contribution < 1.29 is 14.3 Å². The van der Waals surface area contributed by atoms with Crippen LogP contribution in [0, 0.1) is 12.3 Å². The molecule has 0 bridgehead atoms. The van der Waals surface area contributed by atoms with E-state index in [1.807, 2.05) is 30.3 Å². The van der Waals surface area contributed by atoms with Gasteiger partial charge in [-0.1, -0.05) is 64.0 Å². The van der Waals surface area contributed by atoms with E-state index in [1.54, 1.807) is 25.3 Å². The Bertz CT molecular complexity index is 967. The molecule has 27 heavy (non-hydrogen) atoms. The first kappa shape index (κ1) is 19.5. The van der Waals surface area contributed by atoms with Crippen molar-refractivity contribution >= 4 is 61.9 Å². The van der Waals surface area contributed by atoms with E-state index in [0.29, 0.717) is 20.7 Å². The van der Waals surface area contributed by atoms with Crippen LogP contribution < -0.4 is 14.4 Å². The summed E-state index contributed by atoms with van der Waals surface area (Å²) >= 11 is 10.2. The molecule has 1 aliphatic rings. The summed E-state index contributed by atoms with van der Waals surface area (Å²) in [6.45, 7) is 0.137. The molecule has 1 heterocycles. The molecule has 136 valence electrons. The van der Waals surface area contributed by atoms with E-state index in [9.17, 15) is 4.79 Å². The summed E-state index contributed by atoms with van der Waals surface area (Å²) in [7, 11) is 1.55. The first-order valence-electron chi connectivity index (χ1n) is 7.82. The molecule has 0 saturated carbocycles. The molecule has 0 aliphatic carbocycles. The second-order valence-corrected chi connectivity index (χ2v) is 7.90. The monoisotopic (exact) mass is 459 g/mol. The molecule has 0 N–H and O–H groups in total. The predicted molar refractivity (Wildman–Crippen MR) is 117 cm³/mol. The van der Waals surface area contributed by atoms with Crippen LogP contribution >= 0.6 is 39.9 Å². The van der Waals surface area contributed by atoms with E-state index in [-0.39, 0.29) is 12.5 Å². The highest BCUT2D eigenvalue weighted by Gasteiger charge is 2.33. The molecule has 0 radical (unpaired) electrons. The van der Waals surface area contributed by atoms with Crippen LogP contribution in [0.25, 0.3) is 6.08 Å². The molecule has 1 fully saturated rings. The van der Waals surface area contributed by atoms with Crippen molar-refractivity contribution in [3.63, 3.8) is 0 Å². The molecule has 0 aromatic heterocycles. The molecule has 7 heteroatoms. The average molecular weight is 460 g/mol. The maximum Gasteiger partial charge on any atom is 0.270 e. The zero-order valence-corrected chi connectivity index (χ0v) is 17.5. The SMILES string of the molecule is C#CCOc1cc(Br)c(/C=C2/SC(=S)N(c3ccccc3)C2=O)cc1OC. The van der Waals surface area contributed by atoms with Crippen molar-refractivity contribution in [2.75, 3.05) is 18.6 Å². The van der Waals surface area contributed by atoms with Gasteiger partial charge in [-0.15, -0.1) is 6.42 Å². The van der Waals surface area contributed by atoms with Crippen molar-refractivity contribution in [2.45, 2.75) is 0 Å². The second-order valence-electron chi connectivity index (χ2n) is 5.37. The highest BCUT2D eigenvalue weighted by Crippen LogP contribution is 2.39. The number of halogens is 1. The van der Waals surface area contributed by atoms with Crippen LogP contribution in [-0.4, -0.2) is 23.9 Å². The Labute approximate surface area is 175 Å². The topological polar surface area (TPSA) is 38.8 Å². The van der Waals surface area contributed by atoms with E-state index in [2.05, 4.69) is 21.9 Å². The van der Waals surface area contributed by atoms with Gasteiger partial charge in [0, 0.05) is 4.47 Å². The van der Waals surface area contributed by atoms with Gasteiger partial charge in [0.05, 0.1) is 17.7 Å². The van der Waals surface area contributed by atoms with Crippen molar-refractivity contribution in [3.05, 3.63) is 57.4 Å². The zero-order valence-electron chi connectivity index (χ0n) is 14.3. The van der Waals surface area contributed by atoms with Crippen molar-refractivity contribution in [1.82, 2.24) is 0 Å². The number of amides is 1. The third-order valence-electron chi connectivity index (χ3n) is 3.69. The van der Waals surface area contributed by atoms with Crippen molar-refractivity contribution in [1.29, 1.82) is 0 Å². The second kappa shape index (κ2) is 8.61. The van der Waals surface area contributed by atoms with Gasteiger partial charge in [-0.3, -0.25) is 9.69 Å². The largest absolute Gasteiger partial charge is 0.493 e. The maximum absolute atomic E-state index is 12.9. The van der Waals surface area contributed by atoms with Crippen LogP contribution in [0.3, 0.4) is 0 Å². The Kier molecular flexibility index (Phi) is 6.22. The van der Waals surface area contributed by atoms with Gasteiger partial charge in [-0.25, -0.2) is 0 Å². The lowest BCUT2D eigenvalue weighted by molar-refractivity contribution is -0.113. The molecule has 2 aromatic carbocycles. The van der Waals surface area contributed by atoms with E-state index in [1.165, 1.54) is 16.7 Å². The number of ether oxygens (including phenoxy) is 2. The maximum atomic E-state index is 12.9.